The second-order valence-corrected chi connectivity index (χ2v) is 6.31. The van der Waals surface area contributed by atoms with Gasteiger partial charge in [-0.15, -0.1) is 0 Å². The topological polar surface area (TPSA) is 17.1 Å². The second kappa shape index (κ2) is 7.57. The SMILES string of the molecule is Cc1ccc(C(=O)/C=C/Sc2ccc(C(F)(F)F)cc2C(F)(F)F)cc1. The molecule has 2 rings (SSSR count). The molecule has 0 fully saturated rings. The number of ketones is 1. The van der Waals surface area contributed by atoms with Crippen molar-refractivity contribution in [3.8, 4) is 0 Å². The van der Waals surface area contributed by atoms with Gasteiger partial charge < -0.3 is 0 Å². The summed E-state index contributed by atoms with van der Waals surface area (Å²) in [5, 5.41) is 1.13. The van der Waals surface area contributed by atoms with Crippen molar-refractivity contribution in [2.75, 3.05) is 0 Å². The van der Waals surface area contributed by atoms with E-state index < -0.39 is 34.2 Å². The summed E-state index contributed by atoms with van der Waals surface area (Å²) in [4.78, 5) is 11.5. The third-order valence-corrected chi connectivity index (χ3v) is 4.24. The number of rotatable bonds is 4. The molecule has 0 unspecified atom stereocenters. The maximum absolute atomic E-state index is 13.0. The van der Waals surface area contributed by atoms with Crippen LogP contribution in [0.3, 0.4) is 0 Å². The Bertz CT molecular complexity index is 819. The fourth-order valence-electron chi connectivity index (χ4n) is 2.01. The van der Waals surface area contributed by atoms with Gasteiger partial charge >= 0.3 is 12.4 Å². The zero-order valence-electron chi connectivity index (χ0n) is 13.3. The van der Waals surface area contributed by atoms with Crippen LogP contribution in [0.5, 0.6) is 0 Å². The van der Waals surface area contributed by atoms with Gasteiger partial charge in [0.25, 0.3) is 0 Å². The Morgan fingerprint density at radius 3 is 2.08 bits per heavy atom. The number of aryl methyl sites for hydroxylation is 1. The van der Waals surface area contributed by atoms with E-state index in [1.54, 1.807) is 24.3 Å². The van der Waals surface area contributed by atoms with E-state index in [0.29, 0.717) is 23.4 Å². The van der Waals surface area contributed by atoms with Crippen LogP contribution in [0.15, 0.2) is 58.8 Å². The van der Waals surface area contributed by atoms with Crippen LogP contribution in [-0.4, -0.2) is 5.78 Å². The van der Waals surface area contributed by atoms with Crippen molar-refractivity contribution in [3.63, 3.8) is 0 Å². The highest BCUT2D eigenvalue weighted by Gasteiger charge is 2.38. The molecule has 0 bridgehead atoms. The van der Waals surface area contributed by atoms with Gasteiger partial charge in [0.15, 0.2) is 5.78 Å². The van der Waals surface area contributed by atoms with Gasteiger partial charge in [0.1, 0.15) is 0 Å². The van der Waals surface area contributed by atoms with Gasteiger partial charge in [-0.25, -0.2) is 0 Å². The number of thioether (sulfide) groups is 1. The first-order chi connectivity index (χ1) is 12.0. The van der Waals surface area contributed by atoms with Gasteiger partial charge in [-0.3, -0.25) is 4.79 Å². The standard InChI is InChI=1S/C18H12F6OS/c1-11-2-4-12(5-3-11)15(25)8-9-26-16-7-6-13(17(19,20)21)10-14(16)18(22,23)24/h2-10H,1H3/b9-8+. The van der Waals surface area contributed by atoms with E-state index in [2.05, 4.69) is 0 Å². The number of allylic oxidation sites excluding steroid dienone is 1. The number of halogens is 6. The predicted octanol–water partition coefficient (Wildman–Crippen LogP) is 6.52. The minimum Gasteiger partial charge on any atom is -0.289 e. The van der Waals surface area contributed by atoms with Crippen molar-refractivity contribution in [2.45, 2.75) is 24.2 Å². The molecular formula is C18H12F6OS. The van der Waals surface area contributed by atoms with E-state index in [4.69, 9.17) is 0 Å². The molecule has 138 valence electrons. The van der Waals surface area contributed by atoms with Crippen LogP contribution in [0.1, 0.15) is 27.0 Å². The van der Waals surface area contributed by atoms with Crippen LogP contribution in [0.2, 0.25) is 0 Å². The van der Waals surface area contributed by atoms with E-state index in [9.17, 15) is 31.1 Å². The number of carbonyl (C=O) groups excluding carboxylic acids is 1. The zero-order chi connectivity index (χ0) is 19.5. The molecule has 2 aromatic rings. The largest absolute Gasteiger partial charge is 0.417 e. The Morgan fingerprint density at radius 1 is 0.923 bits per heavy atom. The highest BCUT2D eigenvalue weighted by Crippen LogP contribution is 2.40. The highest BCUT2D eigenvalue weighted by molar-refractivity contribution is 8.02. The maximum atomic E-state index is 13.0. The van der Waals surface area contributed by atoms with Gasteiger partial charge in [0.2, 0.25) is 0 Å². The summed E-state index contributed by atoms with van der Waals surface area (Å²) in [5.74, 6) is -0.419. The zero-order valence-corrected chi connectivity index (χ0v) is 14.1. The lowest BCUT2D eigenvalue weighted by Gasteiger charge is -2.14. The molecule has 0 saturated heterocycles. The van der Waals surface area contributed by atoms with Crippen molar-refractivity contribution in [2.24, 2.45) is 0 Å². The van der Waals surface area contributed by atoms with Crippen molar-refractivity contribution in [1.82, 2.24) is 0 Å². The molecule has 0 spiro atoms. The number of hydrogen-bond acceptors (Lipinski definition) is 2. The van der Waals surface area contributed by atoms with Crippen LogP contribution in [0.25, 0.3) is 0 Å². The highest BCUT2D eigenvalue weighted by atomic mass is 32.2. The Morgan fingerprint density at radius 2 is 1.54 bits per heavy atom. The molecule has 2 aromatic carbocycles. The van der Waals surface area contributed by atoms with Crippen LogP contribution >= 0.6 is 11.8 Å². The van der Waals surface area contributed by atoms with Gasteiger partial charge in [0, 0.05) is 10.5 Å². The van der Waals surface area contributed by atoms with Gasteiger partial charge in [-0.1, -0.05) is 41.6 Å². The number of alkyl halides is 6. The molecule has 0 radical (unpaired) electrons. The number of benzene rings is 2. The molecule has 0 aliphatic heterocycles. The predicted molar refractivity (Wildman–Crippen MR) is 87.0 cm³/mol. The van der Waals surface area contributed by atoms with Crippen molar-refractivity contribution >= 4 is 17.5 Å². The van der Waals surface area contributed by atoms with Crippen LogP contribution in [-0.2, 0) is 12.4 Å². The van der Waals surface area contributed by atoms with Crippen LogP contribution in [0.4, 0.5) is 26.3 Å². The summed E-state index contributed by atoms with van der Waals surface area (Å²) in [6.07, 6.45) is -8.74. The molecular weight excluding hydrogens is 378 g/mol. The van der Waals surface area contributed by atoms with Crippen molar-refractivity contribution < 1.29 is 31.1 Å². The molecule has 1 nitrogen and oxygen atoms in total. The molecule has 0 atom stereocenters. The fraction of sp³-hybridized carbons (Fsp3) is 0.167. The fourth-order valence-corrected chi connectivity index (χ4v) is 2.80. The minimum absolute atomic E-state index is 0.0674. The summed E-state index contributed by atoms with van der Waals surface area (Å²) in [6.45, 7) is 1.84. The molecule has 26 heavy (non-hydrogen) atoms. The van der Waals surface area contributed by atoms with Crippen molar-refractivity contribution in [3.05, 3.63) is 76.2 Å². The summed E-state index contributed by atoms with van der Waals surface area (Å²) in [5.41, 5.74) is -1.48. The molecule has 0 aliphatic carbocycles. The van der Waals surface area contributed by atoms with E-state index in [-0.39, 0.29) is 6.07 Å². The number of hydrogen-bond donors (Lipinski definition) is 0. The van der Waals surface area contributed by atoms with E-state index >= 15 is 0 Å². The lowest BCUT2D eigenvalue weighted by molar-refractivity contribution is -0.144. The molecule has 0 saturated carbocycles. The Balaban J connectivity index is 2.23. The molecule has 0 amide bonds. The maximum Gasteiger partial charge on any atom is 0.417 e. The first kappa shape index (κ1) is 20.1. The number of carbonyl (C=O) groups is 1. The normalized spacial score (nSPS) is 12.6. The van der Waals surface area contributed by atoms with E-state index in [1.165, 1.54) is 0 Å². The Kier molecular flexibility index (Phi) is 5.85. The van der Waals surface area contributed by atoms with Crippen molar-refractivity contribution in [1.29, 1.82) is 0 Å². The Hall–Kier alpha value is -2.22. The Labute approximate surface area is 149 Å². The van der Waals surface area contributed by atoms with E-state index in [1.807, 2.05) is 6.92 Å². The third kappa shape index (κ3) is 5.14. The van der Waals surface area contributed by atoms with Crippen LogP contribution < -0.4 is 0 Å². The quantitative estimate of drug-likeness (QED) is 0.256. The second-order valence-electron chi connectivity index (χ2n) is 5.36. The average molecular weight is 390 g/mol. The molecule has 8 heteroatoms. The summed E-state index contributed by atoms with van der Waals surface area (Å²) >= 11 is 0.531. The molecule has 0 N–H and O–H groups in total. The van der Waals surface area contributed by atoms with Gasteiger partial charge in [0.05, 0.1) is 11.1 Å². The third-order valence-electron chi connectivity index (χ3n) is 3.36. The van der Waals surface area contributed by atoms with E-state index in [0.717, 1.165) is 23.1 Å². The summed E-state index contributed by atoms with van der Waals surface area (Å²) in [6, 6.07) is 7.97. The van der Waals surface area contributed by atoms with Gasteiger partial charge in [-0.2, -0.15) is 26.3 Å². The van der Waals surface area contributed by atoms with Gasteiger partial charge in [-0.05, 0) is 36.6 Å². The monoisotopic (exact) mass is 390 g/mol. The first-order valence-corrected chi connectivity index (χ1v) is 8.09. The lowest BCUT2D eigenvalue weighted by atomic mass is 10.1. The average Bonchev–Trinajstić information content (AvgIpc) is 2.53. The first-order valence-electron chi connectivity index (χ1n) is 7.21. The molecule has 0 aliphatic rings. The lowest BCUT2D eigenvalue weighted by Crippen LogP contribution is -2.11. The smallest absolute Gasteiger partial charge is 0.289 e. The van der Waals surface area contributed by atoms with Crippen LogP contribution in [0, 0.1) is 6.92 Å². The minimum atomic E-state index is -4.95. The summed E-state index contributed by atoms with van der Waals surface area (Å²) in [7, 11) is 0. The molecule has 0 heterocycles. The summed E-state index contributed by atoms with van der Waals surface area (Å²) < 4.78 is 77.0. The molecule has 0 aromatic heterocycles.